The minimum absolute atomic E-state index is 0.0370. The number of rotatable bonds is 5. The van der Waals surface area contributed by atoms with Crippen LogP contribution in [0.4, 0.5) is 0 Å². The van der Waals surface area contributed by atoms with Gasteiger partial charge >= 0.3 is 0 Å². The molecule has 1 aromatic heterocycles. The van der Waals surface area contributed by atoms with E-state index in [1.165, 1.54) is 7.11 Å². The lowest BCUT2D eigenvalue weighted by atomic mass is 10.0. The van der Waals surface area contributed by atoms with Crippen molar-refractivity contribution in [1.82, 2.24) is 4.98 Å². The minimum Gasteiger partial charge on any atom is -0.493 e. The first kappa shape index (κ1) is 18.3. The number of hydrogen-bond acceptors (Lipinski definition) is 4. The third-order valence-corrected chi connectivity index (χ3v) is 5.38. The van der Waals surface area contributed by atoms with E-state index in [0.29, 0.717) is 43.9 Å². The van der Waals surface area contributed by atoms with Crippen LogP contribution in [0, 0.1) is 18.3 Å². The third-order valence-electron chi connectivity index (χ3n) is 3.26. The number of hydrogen-bond donors (Lipinski definition) is 1. The van der Waals surface area contributed by atoms with Gasteiger partial charge in [-0.15, -0.1) is 0 Å². The van der Waals surface area contributed by atoms with Gasteiger partial charge in [0.05, 0.1) is 11.6 Å². The number of aromatic nitrogens is 1. The third kappa shape index (κ3) is 3.40. The van der Waals surface area contributed by atoms with E-state index in [1.807, 2.05) is 6.07 Å². The van der Waals surface area contributed by atoms with Gasteiger partial charge in [-0.25, -0.2) is 0 Å². The van der Waals surface area contributed by atoms with Crippen molar-refractivity contribution >= 4 is 31.9 Å². The number of aryl methyl sites for hydroxylation is 1. The van der Waals surface area contributed by atoms with Crippen molar-refractivity contribution in [1.29, 1.82) is 5.26 Å². The molecule has 0 bridgehead atoms. The molecule has 2 rings (SSSR count). The zero-order valence-electron chi connectivity index (χ0n) is 13.1. The van der Waals surface area contributed by atoms with Crippen molar-refractivity contribution in [2.45, 2.75) is 6.92 Å². The molecule has 1 heterocycles. The fraction of sp³-hybridized carbons (Fsp3) is 0.176. The van der Waals surface area contributed by atoms with Crippen LogP contribution >= 0.6 is 31.9 Å². The molecular formula is C17H14Br2N2O3. The summed E-state index contributed by atoms with van der Waals surface area (Å²) in [5.41, 5.74) is 1.43. The van der Waals surface area contributed by atoms with E-state index in [4.69, 9.17) is 9.47 Å². The Morgan fingerprint density at radius 3 is 2.62 bits per heavy atom. The van der Waals surface area contributed by atoms with Crippen molar-refractivity contribution in [3.05, 3.63) is 55.3 Å². The lowest BCUT2D eigenvalue weighted by Gasteiger charge is -2.16. The van der Waals surface area contributed by atoms with Crippen LogP contribution in [0.1, 0.15) is 11.3 Å². The summed E-state index contributed by atoms with van der Waals surface area (Å²) < 4.78 is 12.3. The largest absolute Gasteiger partial charge is 0.493 e. The molecule has 0 saturated heterocycles. The minimum atomic E-state index is -0.429. The highest BCUT2D eigenvalue weighted by molar-refractivity contribution is 9.13. The molecule has 0 unspecified atom stereocenters. The van der Waals surface area contributed by atoms with Crippen molar-refractivity contribution in [3.63, 3.8) is 0 Å². The van der Waals surface area contributed by atoms with Crippen LogP contribution in [0.15, 0.2) is 38.5 Å². The van der Waals surface area contributed by atoms with Crippen LogP contribution in [0.5, 0.6) is 11.5 Å². The molecule has 0 aliphatic heterocycles. The standard InChI is InChI=1S/C17H14Br2N2O3/c1-4-5-24-16-13(23-3)7-11(14(18)15(16)19)10-6-9(2)21-17(22)12(10)8-20/h4,6-7H,1,5H2,2-3H3,(H,21,22). The summed E-state index contributed by atoms with van der Waals surface area (Å²) in [5, 5.41) is 9.34. The van der Waals surface area contributed by atoms with Gasteiger partial charge in [-0.05, 0) is 50.9 Å². The summed E-state index contributed by atoms with van der Waals surface area (Å²) >= 11 is 6.98. The monoisotopic (exact) mass is 452 g/mol. The summed E-state index contributed by atoms with van der Waals surface area (Å²) in [6, 6.07) is 5.43. The molecule has 0 atom stereocenters. The second-order valence-corrected chi connectivity index (χ2v) is 6.45. The van der Waals surface area contributed by atoms with Gasteiger partial charge in [0.1, 0.15) is 18.2 Å². The first-order valence-corrected chi connectivity index (χ1v) is 8.47. The zero-order valence-corrected chi connectivity index (χ0v) is 16.2. The average molecular weight is 454 g/mol. The molecule has 1 N–H and O–H groups in total. The molecule has 1 aromatic carbocycles. The van der Waals surface area contributed by atoms with Gasteiger partial charge in [0.2, 0.25) is 0 Å². The molecule has 0 spiro atoms. The van der Waals surface area contributed by atoms with Crippen LogP contribution in [-0.4, -0.2) is 18.7 Å². The predicted octanol–water partition coefficient (Wildman–Crippen LogP) is 4.32. The van der Waals surface area contributed by atoms with Crippen LogP contribution in [0.3, 0.4) is 0 Å². The Hall–Kier alpha value is -2.04. The van der Waals surface area contributed by atoms with E-state index in [-0.39, 0.29) is 5.56 Å². The van der Waals surface area contributed by atoms with E-state index >= 15 is 0 Å². The topological polar surface area (TPSA) is 75.1 Å². The van der Waals surface area contributed by atoms with Crippen molar-refractivity contribution in [3.8, 4) is 28.7 Å². The van der Waals surface area contributed by atoms with Gasteiger partial charge in [0, 0.05) is 21.3 Å². The first-order valence-electron chi connectivity index (χ1n) is 6.88. The molecule has 0 aliphatic carbocycles. The Balaban J connectivity index is 2.78. The quantitative estimate of drug-likeness (QED) is 0.684. The molecule has 0 radical (unpaired) electrons. The Morgan fingerprint density at radius 1 is 1.33 bits per heavy atom. The molecule has 24 heavy (non-hydrogen) atoms. The Kier molecular flexibility index (Phi) is 5.86. The Morgan fingerprint density at radius 2 is 2.04 bits per heavy atom. The van der Waals surface area contributed by atoms with Crippen molar-refractivity contribution in [2.75, 3.05) is 13.7 Å². The normalized spacial score (nSPS) is 10.1. The van der Waals surface area contributed by atoms with E-state index in [2.05, 4.69) is 43.4 Å². The SMILES string of the molecule is C=CCOc1c(OC)cc(-c2cc(C)[nH]c(=O)c2C#N)c(Br)c1Br. The van der Waals surface area contributed by atoms with E-state index in [9.17, 15) is 10.1 Å². The zero-order chi connectivity index (χ0) is 17.9. The van der Waals surface area contributed by atoms with Gasteiger partial charge in [0.25, 0.3) is 5.56 Å². The molecule has 124 valence electrons. The van der Waals surface area contributed by atoms with Crippen LogP contribution in [0.2, 0.25) is 0 Å². The van der Waals surface area contributed by atoms with Crippen LogP contribution in [-0.2, 0) is 0 Å². The Bertz CT molecular complexity index is 898. The summed E-state index contributed by atoms with van der Waals surface area (Å²) in [4.78, 5) is 14.7. The lowest BCUT2D eigenvalue weighted by molar-refractivity contribution is 0.324. The number of ether oxygens (including phenoxy) is 2. The summed E-state index contributed by atoms with van der Waals surface area (Å²) in [5.74, 6) is 0.983. The molecule has 0 saturated carbocycles. The van der Waals surface area contributed by atoms with E-state index < -0.39 is 5.56 Å². The summed E-state index contributed by atoms with van der Waals surface area (Å²) in [6.07, 6.45) is 1.63. The van der Waals surface area contributed by atoms with Gasteiger partial charge in [-0.2, -0.15) is 5.26 Å². The highest BCUT2D eigenvalue weighted by Gasteiger charge is 2.21. The second-order valence-electron chi connectivity index (χ2n) is 4.87. The first-order chi connectivity index (χ1) is 11.4. The number of aromatic amines is 1. The fourth-order valence-electron chi connectivity index (χ4n) is 2.22. The van der Waals surface area contributed by atoms with Crippen LogP contribution in [0.25, 0.3) is 11.1 Å². The summed E-state index contributed by atoms with van der Waals surface area (Å²) in [7, 11) is 1.52. The van der Waals surface area contributed by atoms with E-state index in [1.54, 1.807) is 25.1 Å². The fourth-order valence-corrected chi connectivity index (χ4v) is 3.25. The molecule has 7 heteroatoms. The number of halogens is 2. The van der Waals surface area contributed by atoms with Crippen molar-refractivity contribution in [2.24, 2.45) is 0 Å². The number of nitriles is 1. The van der Waals surface area contributed by atoms with Gasteiger partial charge in [-0.3, -0.25) is 4.79 Å². The highest BCUT2D eigenvalue weighted by atomic mass is 79.9. The van der Waals surface area contributed by atoms with Crippen LogP contribution < -0.4 is 15.0 Å². The Labute approximate surface area is 156 Å². The maximum absolute atomic E-state index is 12.1. The number of nitrogens with zero attached hydrogens (tertiary/aromatic N) is 1. The number of pyridine rings is 1. The lowest BCUT2D eigenvalue weighted by Crippen LogP contribution is -2.13. The molecule has 0 aliphatic rings. The van der Waals surface area contributed by atoms with Gasteiger partial charge in [0.15, 0.2) is 11.5 Å². The number of H-pyrrole nitrogens is 1. The van der Waals surface area contributed by atoms with Gasteiger partial charge < -0.3 is 14.5 Å². The average Bonchev–Trinajstić information content (AvgIpc) is 2.55. The maximum Gasteiger partial charge on any atom is 0.266 e. The number of benzene rings is 1. The predicted molar refractivity (Wildman–Crippen MR) is 99.6 cm³/mol. The van der Waals surface area contributed by atoms with Crippen molar-refractivity contribution < 1.29 is 9.47 Å². The maximum atomic E-state index is 12.1. The highest BCUT2D eigenvalue weighted by Crippen LogP contribution is 2.46. The number of methoxy groups -OCH3 is 1. The summed E-state index contributed by atoms with van der Waals surface area (Å²) in [6.45, 7) is 5.70. The molecule has 0 fully saturated rings. The molecular weight excluding hydrogens is 440 g/mol. The molecule has 2 aromatic rings. The van der Waals surface area contributed by atoms with E-state index in [0.717, 1.165) is 0 Å². The number of nitrogens with one attached hydrogen (secondary N) is 1. The second kappa shape index (κ2) is 7.69. The molecule has 5 nitrogen and oxygen atoms in total. The molecule has 0 amide bonds. The smallest absolute Gasteiger partial charge is 0.266 e. The van der Waals surface area contributed by atoms with Gasteiger partial charge in [-0.1, -0.05) is 12.7 Å².